The van der Waals surface area contributed by atoms with E-state index < -0.39 is 128 Å². The number of imidazole rings is 1. The molecule has 2 aromatic heterocycles. The fourth-order valence-electron chi connectivity index (χ4n) is 7.95. The summed E-state index contributed by atoms with van der Waals surface area (Å²) in [6, 6.07) is 2.69. The summed E-state index contributed by atoms with van der Waals surface area (Å²) in [6.07, 6.45) is -20.1. The number of rotatable bonds is 15. The van der Waals surface area contributed by atoms with Crippen molar-refractivity contribution in [2.75, 3.05) is 25.0 Å². The van der Waals surface area contributed by atoms with Crippen LogP contribution in [0.5, 0.6) is 0 Å². The van der Waals surface area contributed by atoms with Gasteiger partial charge in [0.15, 0.2) is 25.1 Å². The fraction of sp³-hybridized carbons (Fsp3) is 0.694. The maximum absolute atomic E-state index is 12.7. The molecule has 0 bridgehead atoms. The molecule has 5 heterocycles. The molecule has 27 heteroatoms. The number of hydrogen-bond donors (Lipinski definition) is 15. The van der Waals surface area contributed by atoms with E-state index in [2.05, 4.69) is 30.9 Å². The normalized spacial score (nSPS) is 39.7. The van der Waals surface area contributed by atoms with E-state index in [-0.39, 0.29) is 50.5 Å². The number of aromatic amines is 1. The number of hydrogen-bond acceptors (Lipinski definition) is 23. The second kappa shape index (κ2) is 20.1. The van der Waals surface area contributed by atoms with Crippen molar-refractivity contribution in [3.8, 4) is 0 Å². The van der Waals surface area contributed by atoms with Gasteiger partial charge in [0.25, 0.3) is 0 Å². The second-order valence-corrected chi connectivity index (χ2v) is 16.0. The zero-order valence-electron chi connectivity index (χ0n) is 33.8. The number of nitrogens with two attached hydrogens (primary N) is 6. The molecule has 0 spiro atoms. The number of fused-ring (bicyclic) bond motifs is 1. The van der Waals surface area contributed by atoms with Crippen LogP contribution in [-0.4, -0.2) is 197 Å². The van der Waals surface area contributed by atoms with Gasteiger partial charge in [-0.15, -0.1) is 5.10 Å². The molecular formula is C36H57N13O14. The molecule has 3 aromatic rings. The van der Waals surface area contributed by atoms with Crippen LogP contribution in [0, 0.1) is 0 Å². The first-order chi connectivity index (χ1) is 30.1. The van der Waals surface area contributed by atoms with Crippen LogP contribution in [0.25, 0.3) is 11.0 Å². The highest BCUT2D eigenvalue weighted by Crippen LogP contribution is 2.38. The summed E-state index contributed by atoms with van der Waals surface area (Å²) in [4.78, 5) is 32.5. The third-order valence-electron chi connectivity index (χ3n) is 11.6. The quantitative estimate of drug-likeness (QED) is 0.0673. The Morgan fingerprint density at radius 2 is 1.38 bits per heavy atom. The molecule has 63 heavy (non-hydrogen) atoms. The summed E-state index contributed by atoms with van der Waals surface area (Å²) in [5.41, 5.74) is 38.2. The van der Waals surface area contributed by atoms with Crippen molar-refractivity contribution in [2.45, 2.75) is 136 Å². The third-order valence-corrected chi connectivity index (χ3v) is 11.6. The molecule has 3 saturated heterocycles. The number of aliphatic hydroxyl groups excluding tert-OH is 6. The van der Waals surface area contributed by atoms with Crippen molar-refractivity contribution in [1.29, 1.82) is 0 Å². The number of amides is 2. The monoisotopic (exact) mass is 895 g/mol. The van der Waals surface area contributed by atoms with E-state index in [1.165, 1.54) is 10.9 Å². The highest BCUT2D eigenvalue weighted by Gasteiger charge is 2.55. The minimum Gasteiger partial charge on any atom is -0.389 e. The Morgan fingerprint density at radius 1 is 0.762 bits per heavy atom. The maximum atomic E-state index is 12.7. The standard InChI is InChI=1S/C36H57N13O14/c37-8-17-24(53)26(55)21(41)33(58-17)60-29-14(40)7-13(39)23(52)30(29)61-35-28(57)31(62-34-22(42)27(56)25(54)18(9-38)59-34)32(63-35)49-11-12(47-48-49)5-6-19(50)43-10-20(51)46-36-44-15-3-1-2-4-16(15)45-36/h1-4,11,13-14,17-18,21-35,52-57H,5-10,37-42H2,(H,43,50)(H2,44,45,46,51)/t13-,14+,17-,18+,21-,22-,23+,24-,25-,26-,27-,28-,29-,30-,31+,32+,33-,34-,35-/m1/s1. The number of para-hydroxylation sites is 2. The van der Waals surface area contributed by atoms with Gasteiger partial charge in [-0.2, -0.15) is 0 Å². The molecule has 350 valence electrons. The molecule has 1 saturated carbocycles. The van der Waals surface area contributed by atoms with E-state index in [1.807, 2.05) is 12.1 Å². The van der Waals surface area contributed by atoms with Gasteiger partial charge >= 0.3 is 0 Å². The lowest BCUT2D eigenvalue weighted by Gasteiger charge is -2.47. The Kier molecular flexibility index (Phi) is 15.0. The minimum atomic E-state index is -1.75. The van der Waals surface area contributed by atoms with Gasteiger partial charge in [-0.1, -0.05) is 17.3 Å². The van der Waals surface area contributed by atoms with Gasteiger partial charge in [0.1, 0.15) is 61.0 Å². The SMILES string of the molecule is NC[C@@H]1O[C@H](O[C@H]2[C@@H](O)[C@H](O[C@@H]3[C@@H](O)[C@H](N)C[C@H](N)[C@H]3O[C@H]3O[C@H](CN)[C@@H](O)[C@H](O)[C@H]3N)O[C@@H]2n2cc(CCC(=O)NCC(=O)Nc3nc4ccccc4[nH]3)nn2)[C@H](N)[C@@H](O)[C@@H]1O. The molecule has 0 unspecified atom stereocenters. The Labute approximate surface area is 358 Å². The summed E-state index contributed by atoms with van der Waals surface area (Å²) in [6.45, 7) is -0.763. The van der Waals surface area contributed by atoms with E-state index in [0.29, 0.717) is 5.52 Å². The van der Waals surface area contributed by atoms with Crippen molar-refractivity contribution < 1.29 is 68.6 Å². The molecule has 2 amide bonds. The number of benzene rings is 1. The van der Waals surface area contributed by atoms with Gasteiger partial charge < -0.3 is 104 Å². The molecule has 21 N–H and O–H groups in total. The highest BCUT2D eigenvalue weighted by atomic mass is 16.8. The van der Waals surface area contributed by atoms with Crippen molar-refractivity contribution in [3.05, 3.63) is 36.2 Å². The number of aliphatic hydroxyl groups is 6. The summed E-state index contributed by atoms with van der Waals surface area (Å²) >= 11 is 0. The van der Waals surface area contributed by atoms with Crippen LogP contribution in [0.15, 0.2) is 30.5 Å². The first-order valence-corrected chi connectivity index (χ1v) is 20.4. The highest BCUT2D eigenvalue weighted by molar-refractivity contribution is 5.94. The number of nitrogens with zero attached hydrogens (tertiary/aromatic N) is 4. The summed E-state index contributed by atoms with van der Waals surface area (Å²) < 4.78 is 37.4. The molecular weight excluding hydrogens is 838 g/mol. The number of aryl methyl sites for hydroxylation is 1. The van der Waals surface area contributed by atoms with Gasteiger partial charge in [0.05, 0.1) is 47.7 Å². The zero-order valence-corrected chi connectivity index (χ0v) is 33.8. The maximum Gasteiger partial charge on any atom is 0.246 e. The van der Waals surface area contributed by atoms with Crippen LogP contribution in [0.2, 0.25) is 0 Å². The van der Waals surface area contributed by atoms with Crippen molar-refractivity contribution in [2.24, 2.45) is 34.4 Å². The lowest BCUT2D eigenvalue weighted by molar-refractivity contribution is -0.307. The average Bonchev–Trinajstić information content (AvgIpc) is 3.99. The molecule has 19 atom stereocenters. The van der Waals surface area contributed by atoms with E-state index in [4.69, 9.17) is 62.8 Å². The average molecular weight is 896 g/mol. The predicted octanol–water partition coefficient (Wildman–Crippen LogP) is -7.90. The fourth-order valence-corrected chi connectivity index (χ4v) is 7.95. The number of nitrogens with one attached hydrogen (secondary N) is 3. The molecule has 1 aromatic carbocycles. The second-order valence-electron chi connectivity index (χ2n) is 16.0. The number of carbonyl (C=O) groups is 2. The Hall–Kier alpha value is -3.95. The summed E-state index contributed by atoms with van der Waals surface area (Å²) in [5, 5.41) is 78.7. The smallest absolute Gasteiger partial charge is 0.246 e. The van der Waals surface area contributed by atoms with E-state index in [1.54, 1.807) is 12.1 Å². The summed E-state index contributed by atoms with van der Waals surface area (Å²) in [7, 11) is 0. The molecule has 0 radical (unpaired) electrons. The van der Waals surface area contributed by atoms with Crippen LogP contribution in [0.1, 0.15) is 24.8 Å². The van der Waals surface area contributed by atoms with Crippen molar-refractivity contribution in [1.82, 2.24) is 30.3 Å². The number of ether oxygens (including phenoxy) is 6. The van der Waals surface area contributed by atoms with Crippen molar-refractivity contribution in [3.63, 3.8) is 0 Å². The van der Waals surface area contributed by atoms with Gasteiger partial charge in [0, 0.05) is 38.0 Å². The van der Waals surface area contributed by atoms with E-state index in [9.17, 15) is 40.2 Å². The molecule has 3 aliphatic heterocycles. The lowest BCUT2D eigenvalue weighted by Crippen LogP contribution is -2.68. The van der Waals surface area contributed by atoms with Crippen LogP contribution in [0.3, 0.4) is 0 Å². The summed E-state index contributed by atoms with van der Waals surface area (Å²) in [5.74, 6) is -0.765. The molecule has 7 rings (SSSR count). The van der Waals surface area contributed by atoms with Gasteiger partial charge in [-0.05, 0) is 18.6 Å². The Morgan fingerprint density at radius 3 is 2.02 bits per heavy atom. The zero-order chi connectivity index (χ0) is 45.3. The molecule has 27 nitrogen and oxygen atoms in total. The topological polar surface area (TPSA) is 450 Å². The molecule has 4 fully saturated rings. The predicted molar refractivity (Wildman–Crippen MR) is 213 cm³/mol. The number of carbonyl (C=O) groups excluding carboxylic acids is 2. The van der Waals surface area contributed by atoms with E-state index >= 15 is 0 Å². The first kappa shape index (κ1) is 47.0. The van der Waals surface area contributed by atoms with Gasteiger partial charge in [-0.25, -0.2) is 9.67 Å². The number of anilines is 1. The largest absolute Gasteiger partial charge is 0.389 e. The van der Waals surface area contributed by atoms with Gasteiger partial charge in [0.2, 0.25) is 17.8 Å². The number of aromatic nitrogens is 5. The minimum absolute atomic E-state index is 0.0322. The van der Waals surface area contributed by atoms with Crippen LogP contribution >= 0.6 is 0 Å². The van der Waals surface area contributed by atoms with Crippen LogP contribution in [0.4, 0.5) is 5.95 Å². The molecule has 4 aliphatic rings. The number of H-pyrrole nitrogens is 1. The van der Waals surface area contributed by atoms with Crippen LogP contribution < -0.4 is 45.0 Å². The first-order valence-electron chi connectivity index (χ1n) is 20.4. The van der Waals surface area contributed by atoms with E-state index in [0.717, 1.165) is 5.52 Å². The third kappa shape index (κ3) is 10.1. The van der Waals surface area contributed by atoms with Gasteiger partial charge in [-0.3, -0.25) is 14.9 Å². The molecule has 1 aliphatic carbocycles. The lowest BCUT2D eigenvalue weighted by atomic mass is 9.84. The van der Waals surface area contributed by atoms with Crippen LogP contribution in [-0.2, 0) is 44.4 Å². The Bertz CT molecular complexity index is 1960. The van der Waals surface area contributed by atoms with Crippen molar-refractivity contribution >= 4 is 28.8 Å². The Balaban J connectivity index is 1.05.